The van der Waals surface area contributed by atoms with Crippen LogP contribution in [0.25, 0.3) is 0 Å². The van der Waals surface area contributed by atoms with Gasteiger partial charge in [0.1, 0.15) is 15.3 Å². The van der Waals surface area contributed by atoms with Crippen molar-refractivity contribution >= 4 is 27.2 Å². The number of thiophene rings is 1. The van der Waals surface area contributed by atoms with Gasteiger partial charge in [0.2, 0.25) is 0 Å². The third-order valence-corrected chi connectivity index (χ3v) is 7.66. The second-order valence-corrected chi connectivity index (χ2v) is 9.11. The summed E-state index contributed by atoms with van der Waals surface area (Å²) in [5.74, 6) is -0.446. The van der Waals surface area contributed by atoms with Crippen molar-refractivity contribution in [2.24, 2.45) is 0 Å². The monoisotopic (exact) mass is 398 g/mol. The summed E-state index contributed by atoms with van der Waals surface area (Å²) in [5.41, 5.74) is 0.432. The quantitative estimate of drug-likeness (QED) is 0.839. The number of carbonyl (C=O) groups excluding carboxylic acids is 1. The van der Waals surface area contributed by atoms with Crippen molar-refractivity contribution in [1.29, 1.82) is 0 Å². The molecule has 1 aromatic carbocycles. The molecule has 9 heteroatoms. The Morgan fingerprint density at radius 3 is 2.54 bits per heavy atom. The summed E-state index contributed by atoms with van der Waals surface area (Å²) in [5, 5.41) is 3.38. The van der Waals surface area contributed by atoms with Crippen molar-refractivity contribution in [3.63, 3.8) is 0 Å². The van der Waals surface area contributed by atoms with E-state index < -0.39 is 20.9 Å². The SMILES string of the molecule is O=C(NCC(c1ccc(F)cc1)S(=O)(=O)c1cccs1)N1CCOCC1. The van der Waals surface area contributed by atoms with Gasteiger partial charge in [0.05, 0.1) is 13.2 Å². The van der Waals surface area contributed by atoms with E-state index in [9.17, 15) is 17.6 Å². The van der Waals surface area contributed by atoms with Crippen molar-refractivity contribution in [1.82, 2.24) is 10.2 Å². The van der Waals surface area contributed by atoms with Gasteiger partial charge in [-0.2, -0.15) is 0 Å². The number of nitrogens with zero attached hydrogens (tertiary/aromatic N) is 1. The van der Waals surface area contributed by atoms with Crippen molar-refractivity contribution in [3.8, 4) is 0 Å². The Kier molecular flexibility index (Phi) is 5.90. The van der Waals surface area contributed by atoms with Crippen molar-refractivity contribution in [2.45, 2.75) is 9.46 Å². The maximum Gasteiger partial charge on any atom is 0.317 e. The number of sulfone groups is 1. The molecule has 1 unspecified atom stereocenters. The zero-order valence-electron chi connectivity index (χ0n) is 13.9. The lowest BCUT2D eigenvalue weighted by atomic mass is 10.1. The van der Waals surface area contributed by atoms with Crippen molar-refractivity contribution in [3.05, 3.63) is 53.2 Å². The average Bonchev–Trinajstić information content (AvgIpc) is 3.19. The van der Waals surface area contributed by atoms with Crippen LogP contribution in [0.2, 0.25) is 0 Å². The molecule has 2 heterocycles. The van der Waals surface area contributed by atoms with Crippen LogP contribution in [-0.2, 0) is 14.6 Å². The lowest BCUT2D eigenvalue weighted by Crippen LogP contribution is -2.47. The van der Waals surface area contributed by atoms with E-state index in [-0.39, 0.29) is 16.8 Å². The average molecular weight is 398 g/mol. The van der Waals surface area contributed by atoms with E-state index in [2.05, 4.69) is 5.32 Å². The lowest BCUT2D eigenvalue weighted by Gasteiger charge is -2.28. The Morgan fingerprint density at radius 2 is 1.92 bits per heavy atom. The fraction of sp³-hybridized carbons (Fsp3) is 0.353. The number of rotatable bonds is 5. The third-order valence-electron chi connectivity index (χ3n) is 4.13. The van der Waals surface area contributed by atoms with Crippen LogP contribution < -0.4 is 5.32 Å². The summed E-state index contributed by atoms with van der Waals surface area (Å²) < 4.78 is 44.7. The number of hydrogen-bond donors (Lipinski definition) is 1. The Balaban J connectivity index is 1.81. The molecule has 0 radical (unpaired) electrons. The van der Waals surface area contributed by atoms with E-state index in [0.717, 1.165) is 11.3 Å². The molecule has 2 amide bonds. The molecule has 6 nitrogen and oxygen atoms in total. The second-order valence-electron chi connectivity index (χ2n) is 5.80. The van der Waals surface area contributed by atoms with Gasteiger partial charge in [-0.25, -0.2) is 17.6 Å². The highest BCUT2D eigenvalue weighted by atomic mass is 32.2. The third kappa shape index (κ3) is 4.22. The molecule has 1 aliphatic heterocycles. The molecular formula is C17H19FN2O4S2. The van der Waals surface area contributed by atoms with Crippen molar-refractivity contribution < 1.29 is 22.3 Å². The first-order chi connectivity index (χ1) is 12.5. The first-order valence-electron chi connectivity index (χ1n) is 8.12. The molecule has 0 saturated carbocycles. The highest BCUT2D eigenvalue weighted by Gasteiger charge is 2.31. The summed E-state index contributed by atoms with van der Waals surface area (Å²) in [7, 11) is -3.71. The van der Waals surface area contributed by atoms with Gasteiger partial charge in [-0.3, -0.25) is 0 Å². The number of morpholine rings is 1. The predicted octanol–water partition coefficient (Wildman–Crippen LogP) is 2.44. The normalized spacial score (nSPS) is 16.3. The Labute approximate surface area is 155 Å². The summed E-state index contributed by atoms with van der Waals surface area (Å²) in [6.07, 6.45) is 0. The van der Waals surface area contributed by atoms with Crippen LogP contribution in [0.5, 0.6) is 0 Å². The highest BCUT2D eigenvalue weighted by Crippen LogP contribution is 2.31. The molecule has 1 atom stereocenters. The van der Waals surface area contributed by atoms with Gasteiger partial charge in [-0.05, 0) is 29.1 Å². The summed E-state index contributed by atoms with van der Waals surface area (Å²) in [4.78, 5) is 13.9. The van der Waals surface area contributed by atoms with Gasteiger partial charge in [-0.1, -0.05) is 18.2 Å². The van der Waals surface area contributed by atoms with Crippen LogP contribution in [0.3, 0.4) is 0 Å². The summed E-state index contributed by atoms with van der Waals surface area (Å²) in [6.45, 7) is 1.75. The number of urea groups is 1. The molecule has 26 heavy (non-hydrogen) atoms. The first kappa shape index (κ1) is 18.8. The van der Waals surface area contributed by atoms with E-state index in [4.69, 9.17) is 4.74 Å². The topological polar surface area (TPSA) is 75.7 Å². The van der Waals surface area contributed by atoms with E-state index in [0.29, 0.717) is 31.9 Å². The highest BCUT2D eigenvalue weighted by molar-refractivity contribution is 7.93. The number of hydrogen-bond acceptors (Lipinski definition) is 5. The van der Waals surface area contributed by atoms with Gasteiger partial charge < -0.3 is 15.0 Å². The number of amides is 2. The minimum atomic E-state index is -3.71. The smallest absolute Gasteiger partial charge is 0.317 e. The van der Waals surface area contributed by atoms with E-state index in [1.54, 1.807) is 16.3 Å². The minimum Gasteiger partial charge on any atom is -0.378 e. The summed E-state index contributed by atoms with van der Waals surface area (Å²) >= 11 is 1.12. The van der Waals surface area contributed by atoms with Crippen LogP contribution in [0.4, 0.5) is 9.18 Å². The van der Waals surface area contributed by atoms with E-state index in [1.807, 2.05) is 0 Å². The lowest BCUT2D eigenvalue weighted by molar-refractivity contribution is 0.0532. The Hall–Kier alpha value is -1.97. The van der Waals surface area contributed by atoms with Crippen LogP contribution in [0.15, 0.2) is 46.0 Å². The van der Waals surface area contributed by atoms with Gasteiger partial charge in [0, 0.05) is 19.6 Å². The number of carbonyl (C=O) groups is 1. The number of benzene rings is 1. The second kappa shape index (κ2) is 8.15. The van der Waals surface area contributed by atoms with Gasteiger partial charge in [0.15, 0.2) is 9.84 Å². The molecule has 1 aliphatic rings. The number of halogens is 1. The standard InChI is InChI=1S/C17H19FN2O4S2/c18-14-5-3-13(4-6-14)15(26(22,23)16-2-1-11-25-16)12-19-17(21)20-7-9-24-10-8-20/h1-6,11,15H,7-10,12H2,(H,19,21). The zero-order chi connectivity index (χ0) is 18.6. The van der Waals surface area contributed by atoms with Gasteiger partial charge in [0.25, 0.3) is 0 Å². The molecule has 1 saturated heterocycles. The van der Waals surface area contributed by atoms with Gasteiger partial charge in [-0.15, -0.1) is 11.3 Å². The first-order valence-corrected chi connectivity index (χ1v) is 10.5. The molecule has 1 fully saturated rings. The van der Waals surface area contributed by atoms with Crippen LogP contribution in [0.1, 0.15) is 10.8 Å². The maximum absolute atomic E-state index is 13.2. The fourth-order valence-corrected chi connectivity index (χ4v) is 5.57. The summed E-state index contributed by atoms with van der Waals surface area (Å²) in [6, 6.07) is 8.16. The minimum absolute atomic E-state index is 0.0952. The Morgan fingerprint density at radius 1 is 1.23 bits per heavy atom. The predicted molar refractivity (Wildman–Crippen MR) is 96.4 cm³/mol. The van der Waals surface area contributed by atoms with Crippen LogP contribution in [0, 0.1) is 5.82 Å². The van der Waals surface area contributed by atoms with Crippen LogP contribution in [-0.4, -0.2) is 52.2 Å². The van der Waals surface area contributed by atoms with Crippen LogP contribution >= 0.6 is 11.3 Å². The number of ether oxygens (including phenoxy) is 1. The molecule has 0 spiro atoms. The number of nitrogens with one attached hydrogen (secondary N) is 1. The molecular weight excluding hydrogens is 379 g/mol. The molecule has 1 N–H and O–H groups in total. The molecule has 140 valence electrons. The largest absolute Gasteiger partial charge is 0.378 e. The molecule has 0 bridgehead atoms. The molecule has 2 aromatic rings. The zero-order valence-corrected chi connectivity index (χ0v) is 15.6. The van der Waals surface area contributed by atoms with Gasteiger partial charge >= 0.3 is 6.03 Å². The molecule has 1 aromatic heterocycles. The van der Waals surface area contributed by atoms with E-state index in [1.165, 1.54) is 30.3 Å². The maximum atomic E-state index is 13.2. The van der Waals surface area contributed by atoms with Crippen molar-refractivity contribution in [2.75, 3.05) is 32.8 Å². The Bertz CT molecular complexity index is 832. The van der Waals surface area contributed by atoms with E-state index >= 15 is 0 Å². The fourth-order valence-electron chi connectivity index (χ4n) is 2.71. The molecule has 0 aliphatic carbocycles. The molecule has 3 rings (SSSR count).